The summed E-state index contributed by atoms with van der Waals surface area (Å²) in [7, 11) is 3.35. The molecule has 146 valence electrons. The van der Waals surface area contributed by atoms with Gasteiger partial charge in [-0.15, -0.1) is 0 Å². The van der Waals surface area contributed by atoms with E-state index in [1.54, 1.807) is 14.2 Å². The van der Waals surface area contributed by atoms with Crippen LogP contribution in [-0.2, 0) is 20.8 Å². The van der Waals surface area contributed by atoms with E-state index in [4.69, 9.17) is 9.47 Å². The van der Waals surface area contributed by atoms with Crippen LogP contribution in [0.3, 0.4) is 0 Å². The molecule has 0 aliphatic carbocycles. The fourth-order valence-electron chi connectivity index (χ4n) is 2.30. The van der Waals surface area contributed by atoms with Crippen LogP contribution in [0.15, 0.2) is 35.3 Å². The molecule has 0 unspecified atom stereocenters. The molecule has 0 aliphatic rings. The predicted octanol–water partition coefficient (Wildman–Crippen LogP) is 1.25. The Balaban J connectivity index is 2.27. The first-order valence-corrected chi connectivity index (χ1v) is 9.04. The van der Waals surface area contributed by atoms with E-state index in [0.717, 1.165) is 18.5 Å². The molecule has 1 rings (SSSR count). The molecule has 7 nitrogen and oxygen atoms in total. The average Bonchev–Trinajstić information content (AvgIpc) is 2.68. The van der Waals surface area contributed by atoms with Gasteiger partial charge in [0, 0.05) is 40.4 Å². The molecule has 0 atom stereocenters. The van der Waals surface area contributed by atoms with E-state index >= 15 is 0 Å². The second kappa shape index (κ2) is 14.1. The summed E-state index contributed by atoms with van der Waals surface area (Å²) in [6, 6.07) is 9.99. The van der Waals surface area contributed by atoms with Gasteiger partial charge < -0.3 is 25.0 Å². The van der Waals surface area contributed by atoms with Gasteiger partial charge in [0.2, 0.25) is 5.91 Å². The molecule has 0 saturated heterocycles. The number of carbonyl (C=O) groups excluding carboxylic acids is 1. The first-order chi connectivity index (χ1) is 12.7. The van der Waals surface area contributed by atoms with Crippen molar-refractivity contribution in [2.24, 2.45) is 4.99 Å². The highest BCUT2D eigenvalue weighted by Crippen LogP contribution is 2.04. The average molecular weight is 364 g/mol. The molecule has 0 bridgehead atoms. The second-order valence-electron chi connectivity index (χ2n) is 5.70. The number of rotatable bonds is 12. The van der Waals surface area contributed by atoms with Crippen LogP contribution in [-0.4, -0.2) is 70.4 Å². The van der Waals surface area contributed by atoms with E-state index in [9.17, 15) is 4.79 Å². The van der Waals surface area contributed by atoms with Crippen molar-refractivity contribution in [1.82, 2.24) is 15.5 Å². The smallest absolute Gasteiger partial charge is 0.242 e. The Hall–Kier alpha value is -2.12. The highest BCUT2D eigenvalue weighted by molar-refractivity contribution is 5.86. The molecular formula is C19H32N4O3. The summed E-state index contributed by atoms with van der Waals surface area (Å²) in [5, 5.41) is 6.25. The minimum absolute atomic E-state index is 0.0437. The van der Waals surface area contributed by atoms with E-state index < -0.39 is 0 Å². The number of nitrogens with zero attached hydrogens (tertiary/aromatic N) is 2. The number of nitrogens with one attached hydrogen (secondary N) is 2. The van der Waals surface area contributed by atoms with Crippen LogP contribution in [0.25, 0.3) is 0 Å². The van der Waals surface area contributed by atoms with Gasteiger partial charge in [-0.2, -0.15) is 0 Å². The van der Waals surface area contributed by atoms with Gasteiger partial charge in [0.05, 0.1) is 19.8 Å². The highest BCUT2D eigenvalue weighted by Gasteiger charge is 2.12. The molecule has 0 fully saturated rings. The zero-order valence-corrected chi connectivity index (χ0v) is 16.2. The molecule has 0 aromatic heterocycles. The van der Waals surface area contributed by atoms with Crippen molar-refractivity contribution in [3.05, 3.63) is 35.9 Å². The fourth-order valence-corrected chi connectivity index (χ4v) is 2.30. The summed E-state index contributed by atoms with van der Waals surface area (Å²) in [5.74, 6) is 0.660. The fraction of sp³-hybridized carbons (Fsp3) is 0.579. The molecular weight excluding hydrogens is 332 g/mol. The van der Waals surface area contributed by atoms with Crippen LogP contribution in [0.5, 0.6) is 0 Å². The zero-order chi connectivity index (χ0) is 19.0. The molecule has 2 N–H and O–H groups in total. The van der Waals surface area contributed by atoms with Crippen LogP contribution < -0.4 is 10.6 Å². The van der Waals surface area contributed by atoms with E-state index in [1.165, 1.54) is 0 Å². The van der Waals surface area contributed by atoms with Crippen molar-refractivity contribution in [3.63, 3.8) is 0 Å². The number of ether oxygens (including phenoxy) is 2. The van der Waals surface area contributed by atoms with Crippen LogP contribution in [0, 0.1) is 0 Å². The number of carbonyl (C=O) groups is 1. The third-order valence-electron chi connectivity index (χ3n) is 3.77. The molecule has 0 spiro atoms. The normalized spacial score (nSPS) is 11.3. The van der Waals surface area contributed by atoms with Crippen molar-refractivity contribution in [2.45, 2.75) is 19.9 Å². The molecule has 0 radical (unpaired) electrons. The molecule has 7 heteroatoms. The number of hydrogen-bond acceptors (Lipinski definition) is 4. The van der Waals surface area contributed by atoms with Gasteiger partial charge >= 0.3 is 0 Å². The van der Waals surface area contributed by atoms with E-state index in [2.05, 4.69) is 15.6 Å². The number of aliphatic imine (C=N–C) groups is 1. The van der Waals surface area contributed by atoms with Crippen molar-refractivity contribution >= 4 is 11.9 Å². The molecule has 1 amide bonds. The predicted molar refractivity (Wildman–Crippen MR) is 104 cm³/mol. The number of amides is 1. The molecule has 0 saturated carbocycles. The van der Waals surface area contributed by atoms with Gasteiger partial charge in [0.25, 0.3) is 0 Å². The first kappa shape index (κ1) is 21.9. The first-order valence-electron chi connectivity index (χ1n) is 9.04. The third kappa shape index (κ3) is 9.39. The summed E-state index contributed by atoms with van der Waals surface area (Å²) in [5.41, 5.74) is 1.12. The van der Waals surface area contributed by atoms with Crippen molar-refractivity contribution in [2.75, 3.05) is 53.6 Å². The Kier molecular flexibility index (Phi) is 11.9. The van der Waals surface area contributed by atoms with Crippen LogP contribution in [0.2, 0.25) is 0 Å². The molecule has 0 aliphatic heterocycles. The SMILES string of the molecule is CCN(Cc1ccccc1)C(=O)CNC(=NC)NCCCOCCOC. The lowest BCUT2D eigenvalue weighted by Gasteiger charge is -2.22. The van der Waals surface area contributed by atoms with E-state index in [1.807, 2.05) is 42.2 Å². The maximum absolute atomic E-state index is 12.4. The van der Waals surface area contributed by atoms with Crippen LogP contribution in [0.4, 0.5) is 0 Å². The van der Waals surface area contributed by atoms with Crippen LogP contribution in [0.1, 0.15) is 18.9 Å². The largest absolute Gasteiger partial charge is 0.382 e. The van der Waals surface area contributed by atoms with Gasteiger partial charge in [-0.05, 0) is 18.9 Å². The number of benzene rings is 1. The molecule has 0 heterocycles. The van der Waals surface area contributed by atoms with E-state index in [-0.39, 0.29) is 12.5 Å². The Morgan fingerprint density at radius 1 is 1.15 bits per heavy atom. The summed E-state index contributed by atoms with van der Waals surface area (Å²) < 4.78 is 10.3. The maximum Gasteiger partial charge on any atom is 0.242 e. The Bertz CT molecular complexity index is 523. The Morgan fingerprint density at radius 3 is 2.58 bits per heavy atom. The molecule has 1 aromatic carbocycles. The van der Waals surface area contributed by atoms with Gasteiger partial charge in [-0.25, -0.2) is 0 Å². The molecule has 26 heavy (non-hydrogen) atoms. The lowest BCUT2D eigenvalue weighted by molar-refractivity contribution is -0.130. The van der Waals surface area contributed by atoms with Crippen molar-refractivity contribution in [3.8, 4) is 0 Å². The summed E-state index contributed by atoms with van der Waals surface area (Å²) in [6.45, 7) is 6.07. The lowest BCUT2D eigenvalue weighted by atomic mass is 10.2. The topological polar surface area (TPSA) is 75.2 Å². The number of guanidine groups is 1. The molecule has 1 aromatic rings. The summed E-state index contributed by atoms with van der Waals surface area (Å²) in [6.07, 6.45) is 0.855. The lowest BCUT2D eigenvalue weighted by Crippen LogP contribution is -2.44. The minimum Gasteiger partial charge on any atom is -0.382 e. The monoisotopic (exact) mass is 364 g/mol. The van der Waals surface area contributed by atoms with Gasteiger partial charge in [0.1, 0.15) is 0 Å². The zero-order valence-electron chi connectivity index (χ0n) is 16.2. The minimum atomic E-state index is 0.0437. The number of hydrogen-bond donors (Lipinski definition) is 2. The Morgan fingerprint density at radius 2 is 1.92 bits per heavy atom. The standard InChI is InChI=1S/C19H32N4O3/c1-4-23(16-17-9-6-5-7-10-17)18(24)15-22-19(20-2)21-11-8-12-26-14-13-25-3/h5-7,9-10H,4,8,11-16H2,1-3H3,(H2,20,21,22). The van der Waals surface area contributed by atoms with E-state index in [0.29, 0.717) is 38.9 Å². The summed E-state index contributed by atoms with van der Waals surface area (Å²) in [4.78, 5) is 18.4. The van der Waals surface area contributed by atoms with Gasteiger partial charge in [-0.1, -0.05) is 30.3 Å². The number of methoxy groups -OCH3 is 1. The maximum atomic E-state index is 12.4. The van der Waals surface area contributed by atoms with Crippen LogP contribution >= 0.6 is 0 Å². The second-order valence-corrected chi connectivity index (χ2v) is 5.70. The van der Waals surface area contributed by atoms with Gasteiger partial charge in [0.15, 0.2) is 5.96 Å². The van der Waals surface area contributed by atoms with Gasteiger partial charge in [-0.3, -0.25) is 9.79 Å². The quantitative estimate of drug-likeness (QED) is 0.332. The Labute approximate surface area is 156 Å². The summed E-state index contributed by atoms with van der Waals surface area (Å²) >= 11 is 0. The third-order valence-corrected chi connectivity index (χ3v) is 3.77. The van der Waals surface area contributed by atoms with Crippen molar-refractivity contribution in [1.29, 1.82) is 0 Å². The van der Waals surface area contributed by atoms with Crippen molar-refractivity contribution < 1.29 is 14.3 Å². The highest BCUT2D eigenvalue weighted by atomic mass is 16.5. The number of likely N-dealkylation sites (N-methyl/N-ethyl adjacent to an activating group) is 1.